The van der Waals surface area contributed by atoms with Gasteiger partial charge in [0.1, 0.15) is 0 Å². The molecule has 5 nitrogen and oxygen atoms in total. The first kappa shape index (κ1) is 9.77. The summed E-state index contributed by atoms with van der Waals surface area (Å²) in [6, 6.07) is 5.20. The van der Waals surface area contributed by atoms with Gasteiger partial charge in [-0.05, 0) is 18.6 Å². The van der Waals surface area contributed by atoms with Gasteiger partial charge < -0.3 is 9.47 Å². The number of fused-ring (bicyclic) bond motifs is 1. The molecule has 6 heteroatoms. The summed E-state index contributed by atoms with van der Waals surface area (Å²) in [7, 11) is -3.12. The normalized spacial score (nSPS) is 21.4. The topological polar surface area (TPSA) is 55.8 Å². The minimum Gasteiger partial charge on any atom is -0.454 e. The van der Waals surface area contributed by atoms with Crippen molar-refractivity contribution in [3.63, 3.8) is 0 Å². The van der Waals surface area contributed by atoms with Gasteiger partial charge in [0.05, 0.1) is 11.4 Å². The van der Waals surface area contributed by atoms with Crippen LogP contribution in [0.3, 0.4) is 0 Å². The van der Waals surface area contributed by atoms with E-state index in [2.05, 4.69) is 0 Å². The molecule has 0 bridgehead atoms. The van der Waals surface area contributed by atoms with Gasteiger partial charge in [0.15, 0.2) is 11.5 Å². The summed E-state index contributed by atoms with van der Waals surface area (Å²) in [5, 5.41) is 0. The third kappa shape index (κ3) is 1.41. The molecule has 1 fully saturated rings. The molecule has 86 valence electrons. The maximum absolute atomic E-state index is 11.7. The van der Waals surface area contributed by atoms with Crippen LogP contribution in [0, 0.1) is 0 Å². The van der Waals surface area contributed by atoms with Gasteiger partial charge in [0, 0.05) is 12.6 Å². The molecular weight excluding hydrogens is 230 g/mol. The summed E-state index contributed by atoms with van der Waals surface area (Å²) >= 11 is 0. The van der Waals surface area contributed by atoms with Crippen molar-refractivity contribution in [3.8, 4) is 11.5 Å². The Balaban J connectivity index is 2.01. The van der Waals surface area contributed by atoms with Crippen LogP contribution in [0.15, 0.2) is 18.2 Å². The van der Waals surface area contributed by atoms with Gasteiger partial charge >= 0.3 is 0 Å². The fourth-order valence-electron chi connectivity index (χ4n) is 1.97. The number of nitrogens with zero attached hydrogens (tertiary/aromatic N) is 1. The monoisotopic (exact) mass is 241 g/mol. The number of benzene rings is 1. The lowest BCUT2D eigenvalue weighted by atomic mass is 10.2. The molecule has 0 aliphatic carbocycles. The Morgan fingerprint density at radius 2 is 2.00 bits per heavy atom. The van der Waals surface area contributed by atoms with Gasteiger partial charge in [0.2, 0.25) is 16.8 Å². The highest BCUT2D eigenvalue weighted by Gasteiger charge is 2.29. The molecule has 1 aromatic carbocycles. The second-order valence-electron chi connectivity index (χ2n) is 3.78. The summed E-state index contributed by atoms with van der Waals surface area (Å²) in [6.07, 6.45) is 0.677. The zero-order chi connectivity index (χ0) is 11.2. The summed E-state index contributed by atoms with van der Waals surface area (Å²) in [5.41, 5.74) is 0.654. The van der Waals surface area contributed by atoms with Gasteiger partial charge in [-0.2, -0.15) is 0 Å². The van der Waals surface area contributed by atoms with E-state index in [0.717, 1.165) is 0 Å². The van der Waals surface area contributed by atoms with Crippen molar-refractivity contribution in [1.29, 1.82) is 0 Å². The van der Waals surface area contributed by atoms with Crippen LogP contribution in [0.4, 0.5) is 5.69 Å². The van der Waals surface area contributed by atoms with E-state index in [4.69, 9.17) is 9.47 Å². The molecule has 1 saturated heterocycles. The number of anilines is 1. The van der Waals surface area contributed by atoms with E-state index in [0.29, 0.717) is 30.2 Å². The first-order valence-corrected chi connectivity index (χ1v) is 6.68. The Morgan fingerprint density at radius 1 is 1.19 bits per heavy atom. The van der Waals surface area contributed by atoms with Crippen molar-refractivity contribution in [2.75, 3.05) is 23.4 Å². The van der Waals surface area contributed by atoms with E-state index in [9.17, 15) is 8.42 Å². The van der Waals surface area contributed by atoms with E-state index in [1.54, 1.807) is 18.2 Å². The Hall–Kier alpha value is -1.43. The largest absolute Gasteiger partial charge is 0.454 e. The lowest BCUT2D eigenvalue weighted by molar-refractivity contribution is 0.174. The van der Waals surface area contributed by atoms with Gasteiger partial charge in [-0.3, -0.25) is 4.31 Å². The molecule has 16 heavy (non-hydrogen) atoms. The molecule has 2 aliphatic heterocycles. The van der Waals surface area contributed by atoms with E-state index in [1.165, 1.54) is 4.31 Å². The molecule has 0 radical (unpaired) electrons. The van der Waals surface area contributed by atoms with Crippen LogP contribution in [0.1, 0.15) is 6.42 Å². The Bertz CT molecular complexity index is 526. The number of sulfonamides is 1. The fraction of sp³-hybridized carbons (Fsp3) is 0.400. The molecule has 0 atom stereocenters. The van der Waals surface area contributed by atoms with Crippen LogP contribution < -0.4 is 13.8 Å². The Labute approximate surface area is 93.6 Å². The first-order chi connectivity index (χ1) is 7.67. The maximum atomic E-state index is 11.7. The van der Waals surface area contributed by atoms with Crippen molar-refractivity contribution >= 4 is 15.7 Å². The average Bonchev–Trinajstić information content (AvgIpc) is 2.82. The molecule has 0 spiro atoms. The molecule has 0 amide bonds. The average molecular weight is 241 g/mol. The SMILES string of the molecule is O=S1(=O)CCCN1c1ccc2c(c1)OCO2. The molecule has 0 unspecified atom stereocenters. The fourth-order valence-corrected chi connectivity index (χ4v) is 3.53. The molecule has 2 heterocycles. The highest BCUT2D eigenvalue weighted by molar-refractivity contribution is 7.93. The Kier molecular flexibility index (Phi) is 2.00. The molecule has 3 rings (SSSR count). The molecule has 0 N–H and O–H groups in total. The van der Waals surface area contributed by atoms with Crippen molar-refractivity contribution in [3.05, 3.63) is 18.2 Å². The molecule has 0 aromatic heterocycles. The highest BCUT2D eigenvalue weighted by atomic mass is 32.2. The smallest absolute Gasteiger partial charge is 0.235 e. The number of rotatable bonds is 1. The van der Waals surface area contributed by atoms with E-state index >= 15 is 0 Å². The van der Waals surface area contributed by atoms with Crippen molar-refractivity contribution in [1.82, 2.24) is 0 Å². The van der Waals surface area contributed by atoms with Crippen molar-refractivity contribution < 1.29 is 17.9 Å². The predicted molar refractivity (Wildman–Crippen MR) is 58.3 cm³/mol. The minimum atomic E-state index is -3.12. The number of hydrogen-bond donors (Lipinski definition) is 0. The quantitative estimate of drug-likeness (QED) is 0.734. The molecule has 2 aliphatic rings. The van der Waals surface area contributed by atoms with E-state index in [1.807, 2.05) is 0 Å². The zero-order valence-corrected chi connectivity index (χ0v) is 9.37. The first-order valence-electron chi connectivity index (χ1n) is 5.07. The van der Waals surface area contributed by atoms with Crippen molar-refractivity contribution in [2.24, 2.45) is 0 Å². The number of ether oxygens (including phenoxy) is 2. The Morgan fingerprint density at radius 3 is 2.75 bits per heavy atom. The van der Waals surface area contributed by atoms with Gasteiger partial charge in [-0.15, -0.1) is 0 Å². The van der Waals surface area contributed by atoms with Crippen LogP contribution in [0.2, 0.25) is 0 Å². The van der Waals surface area contributed by atoms with Gasteiger partial charge in [0.25, 0.3) is 0 Å². The molecular formula is C10H11NO4S. The zero-order valence-electron chi connectivity index (χ0n) is 8.55. The van der Waals surface area contributed by atoms with E-state index in [-0.39, 0.29) is 12.5 Å². The molecule has 0 saturated carbocycles. The summed E-state index contributed by atoms with van der Waals surface area (Å²) in [6.45, 7) is 0.744. The van der Waals surface area contributed by atoms with Crippen LogP contribution in [0.5, 0.6) is 11.5 Å². The lowest BCUT2D eigenvalue weighted by Crippen LogP contribution is -2.24. The second-order valence-corrected chi connectivity index (χ2v) is 5.79. The van der Waals surface area contributed by atoms with Gasteiger partial charge in [-0.1, -0.05) is 0 Å². The second kappa shape index (κ2) is 3.28. The van der Waals surface area contributed by atoms with Crippen LogP contribution in [0.25, 0.3) is 0 Å². The number of hydrogen-bond acceptors (Lipinski definition) is 4. The highest BCUT2D eigenvalue weighted by Crippen LogP contribution is 2.37. The summed E-state index contributed by atoms with van der Waals surface area (Å²) < 4.78 is 35.3. The minimum absolute atomic E-state index is 0.200. The van der Waals surface area contributed by atoms with Crippen LogP contribution in [-0.4, -0.2) is 27.5 Å². The lowest BCUT2D eigenvalue weighted by Gasteiger charge is -2.16. The maximum Gasteiger partial charge on any atom is 0.235 e. The summed E-state index contributed by atoms with van der Waals surface area (Å²) in [5.74, 6) is 1.50. The van der Waals surface area contributed by atoms with Crippen LogP contribution >= 0.6 is 0 Å². The van der Waals surface area contributed by atoms with Crippen molar-refractivity contribution in [2.45, 2.75) is 6.42 Å². The standard InChI is InChI=1S/C10H11NO4S/c12-16(13)5-1-4-11(16)8-2-3-9-10(6-8)15-7-14-9/h2-3,6H,1,4-5,7H2. The molecule has 1 aromatic rings. The predicted octanol–water partition coefficient (Wildman–Crippen LogP) is 0.955. The third-order valence-corrected chi connectivity index (χ3v) is 4.61. The van der Waals surface area contributed by atoms with Crippen LogP contribution in [-0.2, 0) is 10.0 Å². The van der Waals surface area contributed by atoms with E-state index < -0.39 is 10.0 Å². The van der Waals surface area contributed by atoms with Gasteiger partial charge in [-0.25, -0.2) is 8.42 Å². The third-order valence-electron chi connectivity index (χ3n) is 2.74. The summed E-state index contributed by atoms with van der Waals surface area (Å²) in [4.78, 5) is 0.